The summed E-state index contributed by atoms with van der Waals surface area (Å²) >= 11 is 6.38. The van der Waals surface area contributed by atoms with Crippen molar-refractivity contribution in [1.82, 2.24) is 0 Å². The Morgan fingerprint density at radius 3 is 2.67 bits per heavy atom. The fourth-order valence-corrected chi connectivity index (χ4v) is 4.31. The quantitative estimate of drug-likeness (QED) is 0.353. The summed E-state index contributed by atoms with van der Waals surface area (Å²) in [5.74, 6) is -0.327. The molecule has 0 unspecified atom stereocenters. The Kier molecular flexibility index (Phi) is 4.36. The number of hydrogen-bond acceptors (Lipinski definition) is 5. The molecule has 0 spiro atoms. The highest BCUT2D eigenvalue weighted by molar-refractivity contribution is 6.33. The Bertz CT molecular complexity index is 955. The van der Waals surface area contributed by atoms with E-state index >= 15 is 0 Å². The number of nitrogens with one attached hydrogen (secondary N) is 1. The van der Waals surface area contributed by atoms with Crippen molar-refractivity contribution >= 4 is 28.9 Å². The molecule has 1 heterocycles. The molecule has 0 saturated carbocycles. The van der Waals surface area contributed by atoms with Crippen molar-refractivity contribution in [2.24, 2.45) is 5.92 Å². The van der Waals surface area contributed by atoms with E-state index in [0.29, 0.717) is 21.8 Å². The van der Waals surface area contributed by atoms with Crippen LogP contribution < -0.4 is 5.32 Å². The van der Waals surface area contributed by atoms with E-state index in [9.17, 15) is 14.9 Å². The number of rotatable bonds is 3. The topological polar surface area (TPSA) is 81.5 Å². The van der Waals surface area contributed by atoms with Crippen LogP contribution in [0.3, 0.4) is 0 Å². The summed E-state index contributed by atoms with van der Waals surface area (Å²) in [6, 6.07) is 10.2. The highest BCUT2D eigenvalue weighted by atomic mass is 35.5. The van der Waals surface area contributed by atoms with E-state index in [-0.39, 0.29) is 34.5 Å². The predicted molar refractivity (Wildman–Crippen MR) is 102 cm³/mol. The Morgan fingerprint density at radius 2 is 2.00 bits per heavy atom. The third kappa shape index (κ3) is 2.86. The van der Waals surface area contributed by atoms with Crippen LogP contribution in [0.1, 0.15) is 39.9 Å². The summed E-state index contributed by atoms with van der Waals surface area (Å²) in [5, 5.41) is 15.4. The van der Waals surface area contributed by atoms with Crippen molar-refractivity contribution in [2.45, 2.75) is 18.4 Å². The van der Waals surface area contributed by atoms with Crippen LogP contribution in [0.5, 0.6) is 0 Å². The van der Waals surface area contributed by atoms with Gasteiger partial charge in [0.25, 0.3) is 5.69 Å². The molecule has 0 aromatic heterocycles. The molecule has 0 radical (unpaired) electrons. The van der Waals surface area contributed by atoms with Crippen molar-refractivity contribution < 1.29 is 14.5 Å². The maximum atomic E-state index is 11.7. The normalized spacial score (nSPS) is 22.5. The van der Waals surface area contributed by atoms with Gasteiger partial charge in [-0.1, -0.05) is 35.9 Å². The van der Waals surface area contributed by atoms with E-state index in [1.54, 1.807) is 18.2 Å². The van der Waals surface area contributed by atoms with E-state index in [1.165, 1.54) is 13.2 Å². The molecule has 27 heavy (non-hydrogen) atoms. The molecular formula is C20H17ClN2O4. The van der Waals surface area contributed by atoms with Crippen LogP contribution in [-0.2, 0) is 4.74 Å². The average Bonchev–Trinajstić information content (AvgIpc) is 3.17. The molecule has 1 aliphatic carbocycles. The van der Waals surface area contributed by atoms with E-state index in [4.69, 9.17) is 16.3 Å². The minimum Gasteiger partial charge on any atom is -0.465 e. The Hall–Kier alpha value is -2.86. The molecule has 2 aromatic rings. The van der Waals surface area contributed by atoms with Gasteiger partial charge in [0, 0.05) is 12.0 Å². The van der Waals surface area contributed by atoms with Crippen LogP contribution in [0.25, 0.3) is 0 Å². The van der Waals surface area contributed by atoms with Crippen molar-refractivity contribution in [1.29, 1.82) is 0 Å². The fraction of sp³-hybridized carbons (Fsp3) is 0.250. The number of carbonyl (C=O) groups is 1. The van der Waals surface area contributed by atoms with Gasteiger partial charge in [-0.05, 0) is 36.1 Å². The number of methoxy groups -OCH3 is 1. The number of nitro benzene ring substituents is 1. The summed E-state index contributed by atoms with van der Waals surface area (Å²) in [6.45, 7) is 0. The SMILES string of the molecule is COC(=O)c1ccc([C@@H]2Nc3c(Cl)ccc([N+](=O)[O-])c3[C@H]3C=CC[C@H]32)cc1. The zero-order chi connectivity index (χ0) is 19.1. The van der Waals surface area contributed by atoms with Crippen LogP contribution in [0.4, 0.5) is 11.4 Å². The van der Waals surface area contributed by atoms with Gasteiger partial charge in [-0.3, -0.25) is 10.1 Å². The summed E-state index contributed by atoms with van der Waals surface area (Å²) in [7, 11) is 1.35. The van der Waals surface area contributed by atoms with Gasteiger partial charge in [0.15, 0.2) is 0 Å². The first-order valence-corrected chi connectivity index (χ1v) is 8.97. The number of allylic oxidation sites excluding steroid dienone is 2. The smallest absolute Gasteiger partial charge is 0.337 e. The van der Waals surface area contributed by atoms with Gasteiger partial charge in [0.2, 0.25) is 0 Å². The van der Waals surface area contributed by atoms with Crippen molar-refractivity contribution in [3.8, 4) is 0 Å². The van der Waals surface area contributed by atoms with E-state index in [0.717, 1.165) is 12.0 Å². The number of nitro groups is 1. The number of carbonyl (C=O) groups excluding carboxylic acids is 1. The lowest BCUT2D eigenvalue weighted by Crippen LogP contribution is -2.30. The molecule has 0 bridgehead atoms. The second kappa shape index (κ2) is 6.70. The zero-order valence-corrected chi connectivity index (χ0v) is 15.3. The van der Waals surface area contributed by atoms with Gasteiger partial charge >= 0.3 is 5.97 Å². The molecule has 1 aliphatic heterocycles. The van der Waals surface area contributed by atoms with Gasteiger partial charge in [0.1, 0.15) is 0 Å². The number of fused-ring (bicyclic) bond motifs is 3. The third-order valence-electron chi connectivity index (χ3n) is 5.33. The molecule has 2 aliphatic rings. The van der Waals surface area contributed by atoms with Gasteiger partial charge in [-0.15, -0.1) is 0 Å². The first-order chi connectivity index (χ1) is 13.0. The van der Waals surface area contributed by atoms with E-state index in [2.05, 4.69) is 11.4 Å². The molecule has 1 N–H and O–H groups in total. The van der Waals surface area contributed by atoms with Crippen molar-refractivity contribution in [3.63, 3.8) is 0 Å². The molecule has 138 valence electrons. The van der Waals surface area contributed by atoms with Gasteiger partial charge < -0.3 is 10.1 Å². The molecule has 0 fully saturated rings. The van der Waals surface area contributed by atoms with Crippen LogP contribution in [0.2, 0.25) is 5.02 Å². The zero-order valence-electron chi connectivity index (χ0n) is 14.5. The minimum absolute atomic E-state index is 0.0660. The van der Waals surface area contributed by atoms with Crippen LogP contribution in [-0.4, -0.2) is 18.0 Å². The lowest BCUT2D eigenvalue weighted by Gasteiger charge is -2.37. The van der Waals surface area contributed by atoms with Gasteiger partial charge in [-0.25, -0.2) is 4.79 Å². The number of benzene rings is 2. The van der Waals surface area contributed by atoms with Crippen LogP contribution >= 0.6 is 11.6 Å². The summed E-state index contributed by atoms with van der Waals surface area (Å²) in [6.07, 6.45) is 4.90. The van der Waals surface area contributed by atoms with E-state index in [1.807, 2.05) is 18.2 Å². The maximum absolute atomic E-state index is 11.7. The first-order valence-electron chi connectivity index (χ1n) is 8.59. The van der Waals surface area contributed by atoms with Crippen molar-refractivity contribution in [2.75, 3.05) is 12.4 Å². The van der Waals surface area contributed by atoms with Gasteiger partial charge in [0.05, 0.1) is 39.9 Å². The summed E-state index contributed by atoms with van der Waals surface area (Å²) in [5.41, 5.74) is 2.82. The highest BCUT2D eigenvalue weighted by Crippen LogP contribution is 2.54. The Morgan fingerprint density at radius 1 is 1.26 bits per heavy atom. The number of ether oxygens (including phenoxy) is 1. The first kappa shape index (κ1) is 17.5. The van der Waals surface area contributed by atoms with Crippen LogP contribution in [0.15, 0.2) is 48.6 Å². The predicted octanol–water partition coefficient (Wildman–Crippen LogP) is 4.86. The Labute approximate surface area is 160 Å². The Balaban J connectivity index is 1.77. The number of nitrogens with zero attached hydrogens (tertiary/aromatic N) is 1. The molecule has 7 heteroatoms. The monoisotopic (exact) mass is 384 g/mol. The fourth-order valence-electron chi connectivity index (χ4n) is 4.09. The number of esters is 1. The largest absolute Gasteiger partial charge is 0.465 e. The maximum Gasteiger partial charge on any atom is 0.337 e. The number of hydrogen-bond donors (Lipinski definition) is 1. The lowest BCUT2D eigenvalue weighted by atomic mass is 9.76. The molecule has 6 nitrogen and oxygen atoms in total. The summed E-state index contributed by atoms with van der Waals surface area (Å²) in [4.78, 5) is 22.8. The average molecular weight is 385 g/mol. The number of halogens is 1. The third-order valence-corrected chi connectivity index (χ3v) is 5.65. The highest BCUT2D eigenvalue weighted by Gasteiger charge is 2.42. The molecule has 2 aromatic carbocycles. The van der Waals surface area contributed by atoms with Gasteiger partial charge in [-0.2, -0.15) is 0 Å². The molecule has 4 rings (SSSR count). The molecule has 0 saturated heterocycles. The molecular weight excluding hydrogens is 368 g/mol. The lowest BCUT2D eigenvalue weighted by molar-refractivity contribution is -0.385. The second-order valence-corrected chi connectivity index (χ2v) is 7.11. The van der Waals surface area contributed by atoms with E-state index < -0.39 is 0 Å². The van der Waals surface area contributed by atoms with Crippen LogP contribution in [0, 0.1) is 16.0 Å². The second-order valence-electron chi connectivity index (χ2n) is 6.70. The minimum atomic E-state index is -0.387. The van der Waals surface area contributed by atoms with Crippen molar-refractivity contribution in [3.05, 3.63) is 80.4 Å². The molecule has 3 atom stereocenters. The number of anilines is 1. The molecule has 0 amide bonds. The summed E-state index contributed by atoms with van der Waals surface area (Å²) < 4.78 is 4.74. The standard InChI is InChI=1S/C20H17ClN2O4/c1-27-20(24)12-7-5-11(6-8-12)18-14-4-2-3-13(14)17-16(23(25)26)10-9-15(21)19(17)22-18/h2-3,5-10,13-14,18,22H,4H2,1H3/t13-,14+,18-/m0/s1.